The second-order valence-corrected chi connectivity index (χ2v) is 6.29. The molecular weight excluding hydrogens is 280 g/mol. The van der Waals surface area contributed by atoms with Crippen LogP contribution in [0, 0.1) is 0 Å². The minimum absolute atomic E-state index is 0.958. The summed E-state index contributed by atoms with van der Waals surface area (Å²) in [7, 11) is 0. The maximum atomic E-state index is 4.85. The fourth-order valence-corrected chi connectivity index (χ4v) is 3.63. The van der Waals surface area contributed by atoms with Crippen LogP contribution in [0.15, 0.2) is 41.9 Å². The first-order valence-corrected chi connectivity index (χ1v) is 8.23. The van der Waals surface area contributed by atoms with Gasteiger partial charge >= 0.3 is 0 Å². The Bertz CT molecular complexity index is 726. The van der Waals surface area contributed by atoms with E-state index in [0.29, 0.717) is 0 Å². The van der Waals surface area contributed by atoms with E-state index in [-0.39, 0.29) is 0 Å². The van der Waals surface area contributed by atoms with Crippen LogP contribution in [0.25, 0.3) is 16.2 Å². The van der Waals surface area contributed by atoms with E-state index in [1.54, 1.807) is 11.3 Å². The van der Waals surface area contributed by atoms with E-state index >= 15 is 0 Å². The summed E-state index contributed by atoms with van der Waals surface area (Å²) in [6.07, 6.45) is 2.12. The molecule has 0 amide bonds. The molecule has 0 bridgehead atoms. The molecule has 1 N–H and O–H groups in total. The Kier molecular flexibility index (Phi) is 3.47. The summed E-state index contributed by atoms with van der Waals surface area (Å²) < 4.78 is 2.23. The van der Waals surface area contributed by atoms with Crippen molar-refractivity contribution < 1.29 is 0 Å². The van der Waals surface area contributed by atoms with Crippen LogP contribution in [0.1, 0.15) is 5.69 Å². The van der Waals surface area contributed by atoms with Gasteiger partial charge in [0.15, 0.2) is 0 Å². The number of hydrogen-bond acceptors (Lipinski definition) is 4. The van der Waals surface area contributed by atoms with Gasteiger partial charge in [0.05, 0.1) is 10.6 Å². The molecule has 0 unspecified atom stereocenters. The van der Waals surface area contributed by atoms with Gasteiger partial charge < -0.3 is 9.72 Å². The molecule has 5 heteroatoms. The minimum Gasteiger partial charge on any atom is -0.314 e. The highest BCUT2D eigenvalue weighted by atomic mass is 32.1. The van der Waals surface area contributed by atoms with Crippen LogP contribution >= 0.6 is 11.3 Å². The smallest absolute Gasteiger partial charge is 0.137 e. The molecule has 1 aliphatic rings. The largest absolute Gasteiger partial charge is 0.314 e. The number of imidazole rings is 1. The predicted molar refractivity (Wildman–Crippen MR) is 86.7 cm³/mol. The zero-order valence-corrected chi connectivity index (χ0v) is 12.6. The lowest BCUT2D eigenvalue weighted by Gasteiger charge is -2.27. The summed E-state index contributed by atoms with van der Waals surface area (Å²) in [6.45, 7) is 5.31. The van der Waals surface area contributed by atoms with E-state index in [4.69, 9.17) is 4.98 Å². The lowest BCUT2D eigenvalue weighted by Crippen LogP contribution is -2.43. The highest BCUT2D eigenvalue weighted by Gasteiger charge is 2.18. The number of pyridine rings is 1. The van der Waals surface area contributed by atoms with E-state index in [0.717, 1.165) is 44.1 Å². The molecule has 4 rings (SSSR count). The molecule has 0 radical (unpaired) electrons. The van der Waals surface area contributed by atoms with Crippen molar-refractivity contribution >= 4 is 17.0 Å². The Hall–Kier alpha value is -1.69. The van der Waals surface area contributed by atoms with Gasteiger partial charge in [-0.3, -0.25) is 4.90 Å². The minimum atomic E-state index is 0.958. The van der Waals surface area contributed by atoms with Gasteiger partial charge in [-0.15, -0.1) is 11.3 Å². The third-order valence-electron chi connectivity index (χ3n) is 3.97. The van der Waals surface area contributed by atoms with Crippen molar-refractivity contribution in [3.05, 3.63) is 47.6 Å². The van der Waals surface area contributed by atoms with E-state index in [1.165, 1.54) is 10.6 Å². The third kappa shape index (κ3) is 2.48. The van der Waals surface area contributed by atoms with Gasteiger partial charge in [0.25, 0.3) is 0 Å². The predicted octanol–water partition coefficient (Wildman–Crippen LogP) is 2.47. The van der Waals surface area contributed by atoms with Gasteiger partial charge in [0.2, 0.25) is 0 Å². The van der Waals surface area contributed by atoms with Crippen LogP contribution in [0.2, 0.25) is 0 Å². The number of nitrogens with zero attached hydrogens (tertiary/aromatic N) is 3. The van der Waals surface area contributed by atoms with Crippen molar-refractivity contribution in [1.29, 1.82) is 0 Å². The summed E-state index contributed by atoms with van der Waals surface area (Å²) >= 11 is 1.76. The molecule has 1 saturated heterocycles. The monoisotopic (exact) mass is 298 g/mol. The Morgan fingerprint density at radius 1 is 1.14 bits per heavy atom. The summed E-state index contributed by atoms with van der Waals surface area (Å²) in [4.78, 5) is 8.61. The molecule has 4 nitrogen and oxygen atoms in total. The second-order valence-electron chi connectivity index (χ2n) is 5.34. The van der Waals surface area contributed by atoms with Crippen molar-refractivity contribution in [3.63, 3.8) is 0 Å². The summed E-state index contributed by atoms with van der Waals surface area (Å²) in [5.41, 5.74) is 3.47. The number of thiophene rings is 1. The number of fused-ring (bicyclic) bond motifs is 1. The molecule has 1 aliphatic heterocycles. The molecule has 0 aromatic carbocycles. The first kappa shape index (κ1) is 13.0. The number of hydrogen-bond donors (Lipinski definition) is 1. The van der Waals surface area contributed by atoms with Gasteiger partial charge in [0.1, 0.15) is 11.3 Å². The van der Waals surface area contributed by atoms with Crippen molar-refractivity contribution in [1.82, 2.24) is 19.6 Å². The fraction of sp³-hybridized carbons (Fsp3) is 0.312. The molecule has 1 fully saturated rings. The Morgan fingerprint density at radius 2 is 2.05 bits per heavy atom. The summed E-state index contributed by atoms with van der Waals surface area (Å²) in [5, 5.41) is 5.53. The Balaban J connectivity index is 1.78. The molecule has 0 aliphatic carbocycles. The van der Waals surface area contributed by atoms with Gasteiger partial charge in [-0.05, 0) is 23.6 Å². The third-order valence-corrected chi connectivity index (χ3v) is 4.84. The number of aromatic nitrogens is 2. The summed E-state index contributed by atoms with van der Waals surface area (Å²) in [5.74, 6) is 0. The maximum absolute atomic E-state index is 4.85. The zero-order valence-electron chi connectivity index (χ0n) is 11.8. The zero-order chi connectivity index (χ0) is 14.1. The lowest BCUT2D eigenvalue weighted by molar-refractivity contribution is 0.230. The quantitative estimate of drug-likeness (QED) is 0.806. The average molecular weight is 298 g/mol. The van der Waals surface area contributed by atoms with Crippen LogP contribution < -0.4 is 5.32 Å². The van der Waals surface area contributed by atoms with Crippen molar-refractivity contribution in [2.75, 3.05) is 26.2 Å². The molecule has 21 heavy (non-hydrogen) atoms. The van der Waals surface area contributed by atoms with Crippen LogP contribution in [-0.2, 0) is 6.54 Å². The van der Waals surface area contributed by atoms with E-state index in [1.807, 2.05) is 0 Å². The molecule has 0 saturated carbocycles. The fourth-order valence-electron chi connectivity index (χ4n) is 2.89. The molecular formula is C16H18N4S. The maximum Gasteiger partial charge on any atom is 0.137 e. The van der Waals surface area contributed by atoms with Gasteiger partial charge in [-0.2, -0.15) is 0 Å². The number of piperazine rings is 1. The topological polar surface area (TPSA) is 32.6 Å². The molecule has 0 spiro atoms. The van der Waals surface area contributed by atoms with E-state index in [2.05, 4.69) is 56.5 Å². The van der Waals surface area contributed by atoms with Crippen molar-refractivity contribution in [2.45, 2.75) is 6.54 Å². The number of nitrogens with one attached hydrogen (secondary N) is 1. The van der Waals surface area contributed by atoms with Crippen molar-refractivity contribution in [2.24, 2.45) is 0 Å². The molecule has 3 aromatic heterocycles. The lowest BCUT2D eigenvalue weighted by atomic mass is 10.2. The van der Waals surface area contributed by atoms with Gasteiger partial charge in [0, 0.05) is 38.9 Å². The van der Waals surface area contributed by atoms with Gasteiger partial charge in [-0.1, -0.05) is 12.1 Å². The Morgan fingerprint density at radius 3 is 2.86 bits per heavy atom. The highest BCUT2D eigenvalue weighted by molar-refractivity contribution is 7.13. The average Bonchev–Trinajstić information content (AvgIpc) is 3.16. The van der Waals surface area contributed by atoms with Crippen LogP contribution in [0.3, 0.4) is 0 Å². The molecule has 4 heterocycles. The van der Waals surface area contributed by atoms with E-state index in [9.17, 15) is 0 Å². The normalized spacial score (nSPS) is 16.6. The van der Waals surface area contributed by atoms with E-state index < -0.39 is 0 Å². The summed E-state index contributed by atoms with van der Waals surface area (Å²) in [6, 6.07) is 10.5. The van der Waals surface area contributed by atoms with Crippen LogP contribution in [-0.4, -0.2) is 40.5 Å². The molecule has 0 atom stereocenters. The Labute approximate surface area is 128 Å². The first-order chi connectivity index (χ1) is 10.4. The number of rotatable bonds is 3. The molecule has 3 aromatic rings. The molecule has 108 valence electrons. The second kappa shape index (κ2) is 5.60. The van der Waals surface area contributed by atoms with Crippen LogP contribution in [0.4, 0.5) is 0 Å². The van der Waals surface area contributed by atoms with Crippen LogP contribution in [0.5, 0.6) is 0 Å². The van der Waals surface area contributed by atoms with Crippen molar-refractivity contribution in [3.8, 4) is 10.6 Å². The first-order valence-electron chi connectivity index (χ1n) is 7.35. The SMILES string of the molecule is c1csc(-c2nc3ccccn3c2CN2CCNCC2)c1. The van der Waals surface area contributed by atoms with Gasteiger partial charge in [-0.25, -0.2) is 4.98 Å². The highest BCUT2D eigenvalue weighted by Crippen LogP contribution is 2.29. The standard InChI is InChI=1S/C16H18N4S/c1-2-8-20-13(12-19-9-6-17-7-10-19)16(18-15(20)5-1)14-4-3-11-21-14/h1-5,8,11,17H,6-7,9-10,12H2.